The summed E-state index contributed by atoms with van der Waals surface area (Å²) in [6, 6.07) is 8.54. The quantitative estimate of drug-likeness (QED) is 0.698. The molecular weight excluding hydrogens is 320 g/mol. The first-order chi connectivity index (χ1) is 11.8. The van der Waals surface area contributed by atoms with Crippen molar-refractivity contribution in [1.82, 2.24) is 14.9 Å². The summed E-state index contributed by atoms with van der Waals surface area (Å²) in [6.45, 7) is 3.02. The molecule has 3 heterocycles. The van der Waals surface area contributed by atoms with Crippen molar-refractivity contribution in [2.75, 3.05) is 18.4 Å². The van der Waals surface area contributed by atoms with Gasteiger partial charge in [0.05, 0.1) is 5.69 Å². The van der Waals surface area contributed by atoms with E-state index in [4.69, 9.17) is 0 Å². The summed E-state index contributed by atoms with van der Waals surface area (Å²) in [5, 5.41) is 6.67. The molecule has 0 unspecified atom stereocenters. The van der Waals surface area contributed by atoms with E-state index in [0.29, 0.717) is 17.5 Å². The number of fused-ring (bicyclic) bond motifs is 1. The number of H-pyrrole nitrogens is 1. The highest BCUT2D eigenvalue weighted by molar-refractivity contribution is 7.13. The number of carbonyl (C=O) groups excluding carboxylic acids is 1. The summed E-state index contributed by atoms with van der Waals surface area (Å²) in [5.74, 6) is 0.625. The fraction of sp³-hybridized carbons (Fsp3) is 0.333. The number of benzene rings is 1. The molecule has 124 valence electrons. The van der Waals surface area contributed by atoms with E-state index < -0.39 is 0 Å². The van der Waals surface area contributed by atoms with Crippen LogP contribution in [0.5, 0.6) is 0 Å². The molecule has 1 fully saturated rings. The topological polar surface area (TPSA) is 61.0 Å². The molecule has 0 radical (unpaired) electrons. The van der Waals surface area contributed by atoms with Crippen LogP contribution in [0.25, 0.3) is 10.9 Å². The molecule has 0 aliphatic carbocycles. The van der Waals surface area contributed by atoms with Gasteiger partial charge >= 0.3 is 0 Å². The van der Waals surface area contributed by atoms with Gasteiger partial charge in [-0.2, -0.15) is 0 Å². The van der Waals surface area contributed by atoms with Crippen LogP contribution < -0.4 is 5.32 Å². The Morgan fingerprint density at radius 2 is 2.17 bits per heavy atom. The number of amides is 1. The van der Waals surface area contributed by atoms with Crippen molar-refractivity contribution in [2.45, 2.75) is 25.3 Å². The fourth-order valence-corrected chi connectivity index (χ4v) is 4.22. The summed E-state index contributed by atoms with van der Waals surface area (Å²) in [4.78, 5) is 20.7. The zero-order chi connectivity index (χ0) is 16.4. The van der Waals surface area contributed by atoms with Crippen molar-refractivity contribution in [3.63, 3.8) is 0 Å². The van der Waals surface area contributed by atoms with Gasteiger partial charge in [-0.15, -0.1) is 11.3 Å². The summed E-state index contributed by atoms with van der Waals surface area (Å²) in [5.41, 5.74) is 3.72. The Hall–Kier alpha value is -2.18. The minimum Gasteiger partial charge on any atom is -0.361 e. The first kappa shape index (κ1) is 15.4. The monoisotopic (exact) mass is 340 g/mol. The molecule has 1 aliphatic heterocycles. The maximum Gasteiger partial charge on any atom is 0.213 e. The third-order valence-electron chi connectivity index (χ3n) is 4.77. The van der Waals surface area contributed by atoms with Gasteiger partial charge in [-0.3, -0.25) is 9.69 Å². The molecule has 2 aromatic heterocycles. The largest absolute Gasteiger partial charge is 0.361 e. The number of para-hydroxylation sites is 1. The van der Waals surface area contributed by atoms with Gasteiger partial charge in [0.2, 0.25) is 6.41 Å². The molecule has 5 nitrogen and oxygen atoms in total. The van der Waals surface area contributed by atoms with Gasteiger partial charge in [0, 0.05) is 29.0 Å². The number of hydrogen-bond acceptors (Lipinski definition) is 4. The number of likely N-dealkylation sites (tertiary alicyclic amines) is 1. The highest BCUT2D eigenvalue weighted by Crippen LogP contribution is 2.33. The molecule has 1 aliphatic rings. The zero-order valence-electron chi connectivity index (χ0n) is 13.4. The highest BCUT2D eigenvalue weighted by atomic mass is 32.1. The lowest BCUT2D eigenvalue weighted by molar-refractivity contribution is -0.105. The molecule has 1 aromatic carbocycles. The van der Waals surface area contributed by atoms with E-state index in [1.54, 1.807) is 0 Å². The minimum atomic E-state index is 0.625. The van der Waals surface area contributed by atoms with E-state index in [9.17, 15) is 4.79 Å². The van der Waals surface area contributed by atoms with Gasteiger partial charge < -0.3 is 10.3 Å². The number of carbonyl (C=O) groups is 1. The third-order valence-corrected chi connectivity index (χ3v) is 5.59. The van der Waals surface area contributed by atoms with Crippen LogP contribution in [0.15, 0.2) is 35.8 Å². The van der Waals surface area contributed by atoms with Gasteiger partial charge in [0.15, 0.2) is 5.13 Å². The second-order valence-corrected chi connectivity index (χ2v) is 7.10. The number of nitrogens with zero attached hydrogens (tertiary/aromatic N) is 2. The number of thiazole rings is 1. The number of aromatic amines is 1. The van der Waals surface area contributed by atoms with E-state index in [2.05, 4.69) is 50.6 Å². The number of hydrogen-bond donors (Lipinski definition) is 2. The average molecular weight is 340 g/mol. The summed E-state index contributed by atoms with van der Waals surface area (Å²) >= 11 is 1.48. The van der Waals surface area contributed by atoms with Crippen LogP contribution in [-0.4, -0.2) is 34.4 Å². The summed E-state index contributed by atoms with van der Waals surface area (Å²) < 4.78 is 0. The van der Waals surface area contributed by atoms with Crippen molar-refractivity contribution >= 4 is 33.8 Å². The van der Waals surface area contributed by atoms with Gasteiger partial charge in [-0.1, -0.05) is 18.2 Å². The van der Waals surface area contributed by atoms with Crippen LogP contribution in [0.1, 0.15) is 30.0 Å². The van der Waals surface area contributed by atoms with E-state index in [1.165, 1.54) is 40.6 Å². The lowest BCUT2D eigenvalue weighted by atomic mass is 9.89. The maximum absolute atomic E-state index is 10.5. The predicted molar refractivity (Wildman–Crippen MR) is 97.4 cm³/mol. The zero-order valence-corrected chi connectivity index (χ0v) is 14.2. The van der Waals surface area contributed by atoms with Gasteiger partial charge in [0.1, 0.15) is 0 Å². The molecule has 3 aromatic rings. The molecule has 0 atom stereocenters. The highest BCUT2D eigenvalue weighted by Gasteiger charge is 2.23. The molecule has 2 N–H and O–H groups in total. The molecule has 0 spiro atoms. The van der Waals surface area contributed by atoms with Gasteiger partial charge in [0.25, 0.3) is 0 Å². The van der Waals surface area contributed by atoms with Crippen LogP contribution in [0.4, 0.5) is 5.13 Å². The van der Waals surface area contributed by atoms with Crippen molar-refractivity contribution in [3.05, 3.63) is 47.1 Å². The van der Waals surface area contributed by atoms with E-state index in [-0.39, 0.29) is 0 Å². The molecule has 24 heavy (non-hydrogen) atoms. The summed E-state index contributed by atoms with van der Waals surface area (Å²) in [7, 11) is 0. The molecule has 0 saturated carbocycles. The number of anilines is 1. The lowest BCUT2D eigenvalue weighted by Crippen LogP contribution is -2.32. The lowest BCUT2D eigenvalue weighted by Gasteiger charge is -2.31. The average Bonchev–Trinajstić information content (AvgIpc) is 3.23. The Bertz CT molecular complexity index is 832. The number of aromatic nitrogens is 2. The Labute approximate surface area is 144 Å². The minimum absolute atomic E-state index is 0.625. The van der Waals surface area contributed by atoms with Crippen LogP contribution >= 0.6 is 11.3 Å². The Balaban J connectivity index is 1.38. The van der Waals surface area contributed by atoms with Crippen LogP contribution in [0.2, 0.25) is 0 Å². The first-order valence-corrected chi connectivity index (χ1v) is 9.14. The Morgan fingerprint density at radius 3 is 3.00 bits per heavy atom. The second kappa shape index (κ2) is 6.75. The second-order valence-electron chi connectivity index (χ2n) is 6.25. The van der Waals surface area contributed by atoms with E-state index in [0.717, 1.165) is 25.3 Å². The number of piperidine rings is 1. The van der Waals surface area contributed by atoms with E-state index >= 15 is 0 Å². The van der Waals surface area contributed by atoms with Crippen LogP contribution in [-0.2, 0) is 11.3 Å². The maximum atomic E-state index is 10.5. The molecule has 4 rings (SSSR count). The predicted octanol–water partition coefficient (Wildman–Crippen LogP) is 3.57. The molecule has 1 amide bonds. The number of nitrogens with one attached hydrogen (secondary N) is 2. The van der Waals surface area contributed by atoms with Crippen molar-refractivity contribution in [2.24, 2.45) is 0 Å². The Morgan fingerprint density at radius 1 is 1.33 bits per heavy atom. The molecule has 6 heteroatoms. The van der Waals surface area contributed by atoms with E-state index in [1.807, 2.05) is 5.38 Å². The standard InChI is InChI=1S/C18H20N4OS/c23-12-20-18-21-14(11-24-18)10-22-7-5-13(6-8-22)16-9-19-17-4-2-1-3-15(16)17/h1-4,9,11-13,19H,5-8,10H2,(H,20,21,23). The fourth-order valence-electron chi connectivity index (χ4n) is 3.56. The van der Waals surface area contributed by atoms with Crippen LogP contribution in [0.3, 0.4) is 0 Å². The number of rotatable bonds is 5. The summed E-state index contributed by atoms with van der Waals surface area (Å²) in [6.07, 6.45) is 5.20. The van der Waals surface area contributed by atoms with Gasteiger partial charge in [-0.05, 0) is 43.5 Å². The van der Waals surface area contributed by atoms with Crippen molar-refractivity contribution < 1.29 is 4.79 Å². The normalized spacial score (nSPS) is 16.5. The molecule has 1 saturated heterocycles. The van der Waals surface area contributed by atoms with Gasteiger partial charge in [-0.25, -0.2) is 4.98 Å². The molecule has 0 bridgehead atoms. The SMILES string of the molecule is O=CNc1nc(CN2CCC(c3c[nH]c4ccccc34)CC2)cs1. The van der Waals surface area contributed by atoms with Crippen molar-refractivity contribution in [1.29, 1.82) is 0 Å². The molecular formula is C18H20N4OS. The first-order valence-electron chi connectivity index (χ1n) is 8.26. The van der Waals surface area contributed by atoms with Crippen LogP contribution in [0, 0.1) is 0 Å². The van der Waals surface area contributed by atoms with Crippen molar-refractivity contribution in [3.8, 4) is 0 Å². The Kier molecular flexibility index (Phi) is 4.32. The third kappa shape index (κ3) is 3.07. The smallest absolute Gasteiger partial charge is 0.213 e.